The first-order valence-corrected chi connectivity index (χ1v) is 10.7. The molecule has 4 heteroatoms. The molecule has 2 nitrogen and oxygen atoms in total. The van der Waals surface area contributed by atoms with Gasteiger partial charge in [-0.3, -0.25) is 9.78 Å². The molecule has 142 valence electrons. The average Bonchev–Trinajstić information content (AvgIpc) is 2.73. The van der Waals surface area contributed by atoms with Crippen molar-refractivity contribution in [2.24, 2.45) is 0 Å². The van der Waals surface area contributed by atoms with Gasteiger partial charge in [0.15, 0.2) is 5.78 Å². The van der Waals surface area contributed by atoms with E-state index in [0.717, 1.165) is 42.2 Å². The molecule has 0 unspecified atom stereocenters. The Hall–Kier alpha value is -2.56. The van der Waals surface area contributed by atoms with Crippen LogP contribution in [0.4, 0.5) is 0 Å². The Bertz CT molecular complexity index is 1230. The summed E-state index contributed by atoms with van der Waals surface area (Å²) in [6.07, 6.45) is 3.47. The van der Waals surface area contributed by atoms with Gasteiger partial charge in [0.25, 0.3) is 0 Å². The molecule has 0 saturated carbocycles. The molecule has 4 aromatic rings. The van der Waals surface area contributed by atoms with Crippen molar-refractivity contribution < 1.29 is 4.79 Å². The topological polar surface area (TPSA) is 30.0 Å². The van der Waals surface area contributed by atoms with Gasteiger partial charge in [-0.15, -0.1) is 0 Å². The van der Waals surface area contributed by atoms with E-state index in [1.54, 1.807) is 6.08 Å². The second-order valence-electron chi connectivity index (χ2n) is 6.72. The Kier molecular flexibility index (Phi) is 5.74. The molecule has 0 aliphatic rings. The van der Waals surface area contributed by atoms with Gasteiger partial charge in [-0.25, -0.2) is 0 Å². The molecular formula is C25H17Br2NO. The number of aryl methyl sites for hydroxylation is 1. The van der Waals surface area contributed by atoms with Crippen LogP contribution >= 0.6 is 31.9 Å². The zero-order valence-electron chi connectivity index (χ0n) is 15.7. The molecule has 29 heavy (non-hydrogen) atoms. The van der Waals surface area contributed by atoms with Crippen LogP contribution in [-0.4, -0.2) is 10.8 Å². The molecular weight excluding hydrogens is 490 g/mol. The van der Waals surface area contributed by atoms with Crippen LogP contribution in [0.2, 0.25) is 0 Å². The zero-order valence-corrected chi connectivity index (χ0v) is 18.9. The normalized spacial score (nSPS) is 11.3. The molecule has 0 atom stereocenters. The van der Waals surface area contributed by atoms with Gasteiger partial charge in [-0.05, 0) is 54.5 Å². The van der Waals surface area contributed by atoms with E-state index in [4.69, 9.17) is 4.98 Å². The van der Waals surface area contributed by atoms with E-state index in [0.29, 0.717) is 5.56 Å². The number of allylic oxidation sites excluding steroid dienone is 1. The third-order valence-electron chi connectivity index (χ3n) is 4.73. The number of aromatic nitrogens is 1. The third kappa shape index (κ3) is 4.24. The smallest absolute Gasteiger partial charge is 0.188 e. The summed E-state index contributed by atoms with van der Waals surface area (Å²) >= 11 is 6.99. The number of hydrogen-bond donors (Lipinski definition) is 0. The van der Waals surface area contributed by atoms with Crippen molar-refractivity contribution in [3.8, 4) is 11.1 Å². The molecule has 3 aromatic carbocycles. The lowest BCUT2D eigenvalue weighted by Gasteiger charge is -2.14. The van der Waals surface area contributed by atoms with Gasteiger partial charge in [-0.2, -0.15) is 0 Å². The lowest BCUT2D eigenvalue weighted by Crippen LogP contribution is -2.05. The Morgan fingerprint density at radius 2 is 1.59 bits per heavy atom. The van der Waals surface area contributed by atoms with Gasteiger partial charge in [0.2, 0.25) is 0 Å². The van der Waals surface area contributed by atoms with Gasteiger partial charge in [0, 0.05) is 25.6 Å². The molecule has 0 aliphatic heterocycles. The number of nitrogens with zero attached hydrogens (tertiary/aromatic N) is 1. The van der Waals surface area contributed by atoms with Crippen molar-refractivity contribution in [3.05, 3.63) is 105 Å². The molecule has 0 fully saturated rings. The number of ketones is 1. The standard InChI is InChI=1S/C25H17Br2NO/c1-16-24(23(29)14-9-17-7-10-19(26)11-8-17)25(18-5-3-2-4-6-18)21-15-20(27)12-13-22(21)28-16/h2-15H,1H3/b14-9+. The molecule has 0 bridgehead atoms. The van der Waals surface area contributed by atoms with Crippen LogP contribution in [-0.2, 0) is 0 Å². The maximum absolute atomic E-state index is 13.3. The van der Waals surface area contributed by atoms with Gasteiger partial charge in [0.05, 0.1) is 11.1 Å². The monoisotopic (exact) mass is 505 g/mol. The number of carbonyl (C=O) groups excluding carboxylic acids is 1. The molecule has 0 aliphatic carbocycles. The number of pyridine rings is 1. The van der Waals surface area contributed by atoms with E-state index in [9.17, 15) is 4.79 Å². The second-order valence-corrected chi connectivity index (χ2v) is 8.56. The van der Waals surface area contributed by atoms with E-state index in [2.05, 4.69) is 31.9 Å². The van der Waals surface area contributed by atoms with Crippen molar-refractivity contribution >= 4 is 54.6 Å². The summed E-state index contributed by atoms with van der Waals surface area (Å²) in [7, 11) is 0. The number of fused-ring (bicyclic) bond motifs is 1. The highest BCUT2D eigenvalue weighted by molar-refractivity contribution is 9.10. The first-order chi connectivity index (χ1) is 14.0. The van der Waals surface area contributed by atoms with Crippen LogP contribution in [0.3, 0.4) is 0 Å². The third-order valence-corrected chi connectivity index (χ3v) is 5.76. The van der Waals surface area contributed by atoms with Crippen molar-refractivity contribution in [3.63, 3.8) is 0 Å². The van der Waals surface area contributed by atoms with Crippen LogP contribution in [0.1, 0.15) is 21.6 Å². The predicted molar refractivity (Wildman–Crippen MR) is 127 cm³/mol. The summed E-state index contributed by atoms with van der Waals surface area (Å²) in [5, 5.41) is 0.955. The molecule has 0 spiro atoms. The number of benzene rings is 3. The van der Waals surface area contributed by atoms with Gasteiger partial charge >= 0.3 is 0 Å². The van der Waals surface area contributed by atoms with Crippen molar-refractivity contribution in [2.45, 2.75) is 6.92 Å². The second kappa shape index (κ2) is 8.44. The van der Waals surface area contributed by atoms with Crippen LogP contribution in [0, 0.1) is 6.92 Å². The van der Waals surface area contributed by atoms with Crippen LogP contribution in [0.15, 0.2) is 87.8 Å². The molecule has 1 heterocycles. The zero-order chi connectivity index (χ0) is 20.4. The Labute approximate surface area is 186 Å². The minimum absolute atomic E-state index is 0.0568. The van der Waals surface area contributed by atoms with E-state index in [-0.39, 0.29) is 5.78 Å². The van der Waals surface area contributed by atoms with Crippen LogP contribution in [0.25, 0.3) is 28.1 Å². The van der Waals surface area contributed by atoms with Gasteiger partial charge in [-0.1, -0.05) is 80.4 Å². The van der Waals surface area contributed by atoms with Crippen molar-refractivity contribution in [1.82, 2.24) is 4.98 Å². The quantitative estimate of drug-likeness (QED) is 0.210. The van der Waals surface area contributed by atoms with E-state index in [1.165, 1.54) is 0 Å². The van der Waals surface area contributed by atoms with Crippen molar-refractivity contribution in [1.29, 1.82) is 0 Å². The molecule has 0 amide bonds. The minimum Gasteiger partial charge on any atom is -0.289 e. The number of hydrogen-bond acceptors (Lipinski definition) is 2. The Morgan fingerprint density at radius 3 is 2.31 bits per heavy atom. The highest BCUT2D eigenvalue weighted by Gasteiger charge is 2.19. The largest absolute Gasteiger partial charge is 0.289 e. The minimum atomic E-state index is -0.0568. The fourth-order valence-corrected chi connectivity index (χ4v) is 4.02. The summed E-state index contributed by atoms with van der Waals surface area (Å²) in [6, 6.07) is 23.8. The summed E-state index contributed by atoms with van der Waals surface area (Å²) in [5.74, 6) is -0.0568. The Morgan fingerprint density at radius 1 is 0.897 bits per heavy atom. The lowest BCUT2D eigenvalue weighted by molar-refractivity contribution is 0.104. The molecule has 4 rings (SSSR count). The molecule has 0 radical (unpaired) electrons. The SMILES string of the molecule is Cc1nc2ccc(Br)cc2c(-c2ccccc2)c1C(=O)/C=C/c1ccc(Br)cc1. The number of halogens is 2. The van der Waals surface area contributed by atoms with Crippen LogP contribution < -0.4 is 0 Å². The maximum atomic E-state index is 13.3. The summed E-state index contributed by atoms with van der Waals surface area (Å²) in [4.78, 5) is 18.0. The highest BCUT2D eigenvalue weighted by atomic mass is 79.9. The molecule has 1 aromatic heterocycles. The summed E-state index contributed by atoms with van der Waals surface area (Å²) in [6.45, 7) is 1.90. The van der Waals surface area contributed by atoms with E-state index in [1.807, 2.05) is 85.8 Å². The fourth-order valence-electron chi connectivity index (χ4n) is 3.39. The van der Waals surface area contributed by atoms with Gasteiger partial charge in [0.1, 0.15) is 0 Å². The number of rotatable bonds is 4. The maximum Gasteiger partial charge on any atom is 0.188 e. The van der Waals surface area contributed by atoms with E-state index < -0.39 is 0 Å². The average molecular weight is 507 g/mol. The predicted octanol–water partition coefficient (Wildman–Crippen LogP) is 7.63. The highest BCUT2D eigenvalue weighted by Crippen LogP contribution is 2.35. The molecule has 0 saturated heterocycles. The summed E-state index contributed by atoms with van der Waals surface area (Å²) < 4.78 is 1.96. The van der Waals surface area contributed by atoms with Gasteiger partial charge < -0.3 is 0 Å². The van der Waals surface area contributed by atoms with E-state index >= 15 is 0 Å². The number of carbonyl (C=O) groups is 1. The lowest BCUT2D eigenvalue weighted by atomic mass is 9.92. The van der Waals surface area contributed by atoms with Crippen LogP contribution in [0.5, 0.6) is 0 Å². The summed E-state index contributed by atoms with van der Waals surface area (Å²) in [5.41, 5.74) is 5.12. The van der Waals surface area contributed by atoms with Crippen molar-refractivity contribution in [2.75, 3.05) is 0 Å². The first kappa shape index (κ1) is 19.7. The Balaban J connectivity index is 1.90. The fraction of sp³-hybridized carbons (Fsp3) is 0.0400. The first-order valence-electron chi connectivity index (χ1n) is 9.16. The molecule has 0 N–H and O–H groups in total.